The van der Waals surface area contributed by atoms with Gasteiger partial charge in [0.1, 0.15) is 0 Å². The maximum absolute atomic E-state index is 12.0. The van der Waals surface area contributed by atoms with Gasteiger partial charge < -0.3 is 5.73 Å². The van der Waals surface area contributed by atoms with Crippen LogP contribution in [0.15, 0.2) is 9.78 Å². The van der Waals surface area contributed by atoms with Crippen LogP contribution < -0.4 is 5.73 Å². The number of hydrogen-bond donors (Lipinski definition) is 1. The quantitative estimate of drug-likeness (QED) is 0.533. The average Bonchev–Trinajstić information content (AvgIpc) is 1.86. The lowest BCUT2D eigenvalue weighted by atomic mass is 10.1. The van der Waals surface area contributed by atoms with Crippen molar-refractivity contribution in [1.29, 1.82) is 0 Å². The van der Waals surface area contributed by atoms with Crippen molar-refractivity contribution < 1.29 is 13.2 Å². The van der Waals surface area contributed by atoms with Gasteiger partial charge in [0.2, 0.25) is 0 Å². The maximum atomic E-state index is 12.0. The summed E-state index contributed by atoms with van der Waals surface area (Å²) in [6.45, 7) is 0. The number of halogens is 4. The molecular weight excluding hydrogens is 270 g/mol. The molecular formula is C6H7F3IN. The van der Waals surface area contributed by atoms with Crippen LogP contribution in [0.5, 0.6) is 0 Å². The molecule has 0 radical (unpaired) electrons. The van der Waals surface area contributed by atoms with Crippen LogP contribution in [0.1, 0.15) is 6.42 Å². The Morgan fingerprint density at radius 1 is 1.55 bits per heavy atom. The summed E-state index contributed by atoms with van der Waals surface area (Å²) in [5.41, 5.74) is 5.30. The fourth-order valence-corrected chi connectivity index (χ4v) is 2.71. The fourth-order valence-electron chi connectivity index (χ4n) is 0.754. The summed E-state index contributed by atoms with van der Waals surface area (Å²) in [6, 6.07) is 0. The summed E-state index contributed by atoms with van der Waals surface area (Å²) < 4.78 is 38.1. The second kappa shape index (κ2) is 3.12. The van der Waals surface area contributed by atoms with Gasteiger partial charge in [0.05, 0.1) is 9.62 Å². The van der Waals surface area contributed by atoms with Crippen molar-refractivity contribution in [3.8, 4) is 0 Å². The summed E-state index contributed by atoms with van der Waals surface area (Å²) in [5.74, 6) is -1.34. The third-order valence-electron chi connectivity index (χ3n) is 1.33. The van der Waals surface area contributed by atoms with Crippen LogP contribution >= 0.6 is 20.7 Å². The Bertz CT molecular complexity index is 206. The maximum Gasteiger partial charge on any atom is 0.395 e. The van der Waals surface area contributed by atoms with Crippen LogP contribution in [-0.2, 0) is 0 Å². The highest BCUT2D eigenvalue weighted by Gasteiger charge is 2.38. The Morgan fingerprint density at radius 3 is 2.55 bits per heavy atom. The van der Waals surface area contributed by atoms with E-state index in [1.165, 1.54) is 0 Å². The van der Waals surface area contributed by atoms with E-state index < -0.39 is 32.8 Å². The van der Waals surface area contributed by atoms with E-state index >= 15 is 0 Å². The number of allylic oxidation sites excluding steroid dienone is 1. The topological polar surface area (TPSA) is 26.0 Å². The first-order valence-corrected chi connectivity index (χ1v) is 5.31. The smallest absolute Gasteiger partial charge is 0.394 e. The number of rotatable bonds is 0. The summed E-state index contributed by atoms with van der Waals surface area (Å²) >= 11 is -0.410. The van der Waals surface area contributed by atoms with Crippen molar-refractivity contribution in [2.45, 2.75) is 12.6 Å². The van der Waals surface area contributed by atoms with Crippen LogP contribution in [0, 0.1) is 5.92 Å². The van der Waals surface area contributed by atoms with E-state index in [0.717, 1.165) is 6.08 Å². The minimum absolute atomic E-state index is 0.109. The van der Waals surface area contributed by atoms with E-state index in [0.29, 0.717) is 3.70 Å². The van der Waals surface area contributed by atoms with E-state index in [1.807, 2.05) is 0 Å². The highest BCUT2D eigenvalue weighted by Crippen LogP contribution is 2.33. The molecule has 0 spiro atoms. The molecule has 0 bridgehead atoms. The van der Waals surface area contributed by atoms with Crippen LogP contribution in [0.2, 0.25) is 0 Å². The third kappa shape index (κ3) is 2.46. The van der Waals surface area contributed by atoms with Crippen molar-refractivity contribution >= 4 is 24.7 Å². The minimum atomic E-state index is -4.12. The van der Waals surface area contributed by atoms with Crippen molar-refractivity contribution in [2.24, 2.45) is 11.7 Å². The molecule has 1 aliphatic rings. The van der Waals surface area contributed by atoms with Crippen LogP contribution in [0.4, 0.5) is 13.2 Å². The highest BCUT2D eigenvalue weighted by atomic mass is 127. The molecule has 0 aromatic carbocycles. The second-order valence-electron chi connectivity index (χ2n) is 2.20. The molecule has 0 saturated carbocycles. The Balaban J connectivity index is 2.71. The van der Waals surface area contributed by atoms with Crippen molar-refractivity contribution in [2.75, 3.05) is 0 Å². The predicted octanol–water partition coefficient (Wildman–Crippen LogP) is 2.14. The monoisotopic (exact) mass is 277 g/mol. The molecule has 1 unspecified atom stereocenters. The van der Waals surface area contributed by atoms with Gasteiger partial charge in [-0.2, -0.15) is 13.2 Å². The highest BCUT2D eigenvalue weighted by molar-refractivity contribution is 14.2. The second-order valence-corrected chi connectivity index (χ2v) is 4.95. The van der Waals surface area contributed by atoms with Crippen LogP contribution in [0.3, 0.4) is 0 Å². The summed E-state index contributed by atoms with van der Waals surface area (Å²) in [7, 11) is 0. The molecule has 0 aromatic rings. The fraction of sp³-hybridized carbons (Fsp3) is 0.500. The third-order valence-corrected chi connectivity index (χ3v) is 3.35. The zero-order valence-corrected chi connectivity index (χ0v) is 7.69. The van der Waals surface area contributed by atoms with Gasteiger partial charge in [-0.3, -0.25) is 0 Å². The summed E-state index contributed by atoms with van der Waals surface area (Å²) in [4.78, 5) is 0. The molecule has 2 N–H and O–H groups in total. The molecule has 0 aliphatic carbocycles. The van der Waals surface area contributed by atoms with Crippen LogP contribution in [-0.4, -0.2) is 10.2 Å². The van der Waals surface area contributed by atoms with E-state index in [9.17, 15) is 13.2 Å². The molecule has 0 saturated heterocycles. The lowest BCUT2D eigenvalue weighted by Crippen LogP contribution is -2.23. The van der Waals surface area contributed by atoms with Gasteiger partial charge in [0.15, 0.2) is 0 Å². The first-order valence-electron chi connectivity index (χ1n) is 2.99. The standard InChI is InChI=1S/C6H7F3IN/c7-6(8,9)4-1-2-10-5(11)3-4/h2-4H,1,11H2. The summed E-state index contributed by atoms with van der Waals surface area (Å²) in [6.07, 6.45) is -2.87. The van der Waals surface area contributed by atoms with E-state index in [4.69, 9.17) is 5.73 Å². The van der Waals surface area contributed by atoms with E-state index in [2.05, 4.69) is 0 Å². The summed E-state index contributed by atoms with van der Waals surface area (Å²) in [5, 5.41) is 0. The molecule has 11 heavy (non-hydrogen) atoms. The van der Waals surface area contributed by atoms with Gasteiger partial charge in [-0.25, -0.2) is 0 Å². The first kappa shape index (κ1) is 9.02. The van der Waals surface area contributed by atoms with Gasteiger partial charge in [-0.05, 0) is 16.5 Å². The van der Waals surface area contributed by atoms with Crippen molar-refractivity contribution in [3.05, 3.63) is 9.78 Å². The SMILES string of the molecule is NC1=CC(C(F)(F)F)CC=I1. The van der Waals surface area contributed by atoms with Gasteiger partial charge in [0.25, 0.3) is 0 Å². The van der Waals surface area contributed by atoms with E-state index in [1.54, 1.807) is 4.01 Å². The zero-order valence-electron chi connectivity index (χ0n) is 5.53. The molecule has 1 nitrogen and oxygen atoms in total. The molecule has 0 amide bonds. The van der Waals surface area contributed by atoms with Gasteiger partial charge in [-0.1, -0.05) is 20.7 Å². The first-order chi connectivity index (χ1) is 5.00. The van der Waals surface area contributed by atoms with Gasteiger partial charge >= 0.3 is 6.18 Å². The minimum Gasteiger partial charge on any atom is -0.394 e. The molecule has 1 aliphatic heterocycles. The Morgan fingerprint density at radius 2 is 2.18 bits per heavy atom. The normalized spacial score (nSPS) is 25.7. The largest absolute Gasteiger partial charge is 0.395 e. The van der Waals surface area contributed by atoms with Gasteiger partial charge in [0, 0.05) is 0 Å². The van der Waals surface area contributed by atoms with Crippen molar-refractivity contribution in [3.63, 3.8) is 0 Å². The average molecular weight is 277 g/mol. The molecule has 5 heteroatoms. The number of nitrogens with two attached hydrogens (primary N) is 1. The molecule has 0 fully saturated rings. The number of hydrogen-bond acceptors (Lipinski definition) is 1. The molecule has 1 rings (SSSR count). The van der Waals surface area contributed by atoms with E-state index in [-0.39, 0.29) is 6.42 Å². The molecule has 1 heterocycles. The molecule has 0 aromatic heterocycles. The van der Waals surface area contributed by atoms with Crippen molar-refractivity contribution in [1.82, 2.24) is 0 Å². The Hall–Kier alpha value is -0.0700. The Kier molecular flexibility index (Phi) is 2.56. The number of alkyl halides is 3. The predicted molar refractivity (Wildman–Crippen MR) is 46.5 cm³/mol. The Labute approximate surface area is 72.2 Å². The zero-order chi connectivity index (χ0) is 8.48. The molecule has 1 atom stereocenters. The van der Waals surface area contributed by atoms with Gasteiger partial charge in [-0.15, -0.1) is 0 Å². The lowest BCUT2D eigenvalue weighted by Gasteiger charge is -2.17. The lowest BCUT2D eigenvalue weighted by molar-refractivity contribution is -0.158. The van der Waals surface area contributed by atoms with Crippen LogP contribution in [0.25, 0.3) is 0 Å². The molecule has 64 valence electrons.